The number of likely N-dealkylation sites (tertiary alicyclic amines) is 1. The predicted molar refractivity (Wildman–Crippen MR) is 81.8 cm³/mol. The minimum atomic E-state index is -0.633. The maximum absolute atomic E-state index is 13.8. The summed E-state index contributed by atoms with van der Waals surface area (Å²) in [5.74, 6) is -0.925. The third kappa shape index (κ3) is 4.19. The van der Waals surface area contributed by atoms with E-state index >= 15 is 0 Å². The number of rotatable bonds is 7. The summed E-state index contributed by atoms with van der Waals surface area (Å²) in [6, 6.07) is 4.22. The molecule has 0 radical (unpaired) electrons. The number of amides is 2. The molecule has 1 saturated heterocycles. The highest BCUT2D eigenvalue weighted by molar-refractivity contribution is 5.97. The average molecular weight is 324 g/mol. The van der Waals surface area contributed by atoms with Gasteiger partial charge in [0.05, 0.1) is 13.7 Å². The number of methoxy groups -OCH3 is 2. The number of halogens is 1. The average Bonchev–Trinajstić information content (AvgIpc) is 2.90. The lowest BCUT2D eigenvalue weighted by atomic mass is 10.1. The smallest absolute Gasteiger partial charge is 0.258 e. The summed E-state index contributed by atoms with van der Waals surface area (Å²) in [4.78, 5) is 25.7. The molecule has 1 aromatic carbocycles. The van der Waals surface area contributed by atoms with Crippen molar-refractivity contribution in [2.24, 2.45) is 5.92 Å². The fraction of sp³-hybridized carbons (Fsp3) is 0.500. The molecule has 1 N–H and O–H groups in total. The Bertz CT molecular complexity index is 579. The molecule has 2 amide bonds. The highest BCUT2D eigenvalue weighted by Gasteiger charge is 2.29. The van der Waals surface area contributed by atoms with Gasteiger partial charge in [0.2, 0.25) is 5.91 Å². The van der Waals surface area contributed by atoms with Gasteiger partial charge in [-0.15, -0.1) is 0 Å². The minimum Gasteiger partial charge on any atom is -0.496 e. The van der Waals surface area contributed by atoms with E-state index in [1.54, 1.807) is 12.0 Å². The summed E-state index contributed by atoms with van der Waals surface area (Å²) in [6.07, 6.45) is 0.373. The SMILES string of the molecule is COCCN1C[C@@H](CNC(=O)c2c(F)cccc2OC)CC1=O. The Kier molecular flexibility index (Phi) is 5.92. The van der Waals surface area contributed by atoms with Crippen molar-refractivity contribution in [3.8, 4) is 5.75 Å². The van der Waals surface area contributed by atoms with Crippen molar-refractivity contribution in [3.63, 3.8) is 0 Å². The molecule has 1 aliphatic heterocycles. The molecule has 1 atom stereocenters. The van der Waals surface area contributed by atoms with Crippen molar-refractivity contribution in [2.45, 2.75) is 6.42 Å². The molecule has 126 valence electrons. The number of benzene rings is 1. The monoisotopic (exact) mass is 324 g/mol. The lowest BCUT2D eigenvalue weighted by Crippen LogP contribution is -2.33. The van der Waals surface area contributed by atoms with Crippen molar-refractivity contribution >= 4 is 11.8 Å². The Hall–Kier alpha value is -2.15. The summed E-state index contributed by atoms with van der Waals surface area (Å²) >= 11 is 0. The van der Waals surface area contributed by atoms with Gasteiger partial charge in [0.15, 0.2) is 0 Å². The van der Waals surface area contributed by atoms with Gasteiger partial charge in [-0.3, -0.25) is 9.59 Å². The van der Waals surface area contributed by atoms with Crippen molar-refractivity contribution in [2.75, 3.05) is 40.5 Å². The van der Waals surface area contributed by atoms with Crippen LogP contribution in [0.4, 0.5) is 4.39 Å². The van der Waals surface area contributed by atoms with Crippen LogP contribution in [0.5, 0.6) is 5.75 Å². The summed E-state index contributed by atoms with van der Waals surface area (Å²) in [7, 11) is 2.97. The van der Waals surface area contributed by atoms with Crippen LogP contribution >= 0.6 is 0 Å². The minimum absolute atomic E-state index is 0.0149. The maximum Gasteiger partial charge on any atom is 0.258 e. The molecule has 0 unspecified atom stereocenters. The van der Waals surface area contributed by atoms with Crippen LogP contribution in [0, 0.1) is 11.7 Å². The van der Waals surface area contributed by atoms with E-state index in [9.17, 15) is 14.0 Å². The molecular weight excluding hydrogens is 303 g/mol. The fourth-order valence-corrected chi connectivity index (χ4v) is 2.63. The lowest BCUT2D eigenvalue weighted by Gasteiger charge is -2.16. The second-order valence-corrected chi connectivity index (χ2v) is 5.43. The van der Waals surface area contributed by atoms with Crippen LogP contribution in [0.15, 0.2) is 18.2 Å². The second-order valence-electron chi connectivity index (χ2n) is 5.43. The van der Waals surface area contributed by atoms with Gasteiger partial charge in [-0.05, 0) is 12.1 Å². The largest absolute Gasteiger partial charge is 0.496 e. The Morgan fingerprint density at radius 1 is 1.43 bits per heavy atom. The van der Waals surface area contributed by atoms with E-state index in [4.69, 9.17) is 9.47 Å². The fourth-order valence-electron chi connectivity index (χ4n) is 2.63. The van der Waals surface area contributed by atoms with Crippen LogP contribution in [0.2, 0.25) is 0 Å². The van der Waals surface area contributed by atoms with Gasteiger partial charge in [-0.25, -0.2) is 4.39 Å². The van der Waals surface area contributed by atoms with E-state index in [1.165, 1.54) is 25.3 Å². The summed E-state index contributed by atoms with van der Waals surface area (Å²) < 4.78 is 23.8. The Labute approximate surface area is 134 Å². The van der Waals surface area contributed by atoms with Gasteiger partial charge in [0, 0.05) is 39.1 Å². The van der Waals surface area contributed by atoms with Gasteiger partial charge in [0.25, 0.3) is 5.91 Å². The normalized spacial score (nSPS) is 17.4. The number of hydrogen-bond acceptors (Lipinski definition) is 4. The van der Waals surface area contributed by atoms with E-state index in [0.29, 0.717) is 32.7 Å². The second kappa shape index (κ2) is 7.92. The first kappa shape index (κ1) is 17.2. The van der Waals surface area contributed by atoms with Gasteiger partial charge in [-0.2, -0.15) is 0 Å². The van der Waals surface area contributed by atoms with Crippen molar-refractivity contribution in [3.05, 3.63) is 29.6 Å². The molecule has 0 bridgehead atoms. The van der Waals surface area contributed by atoms with Crippen LogP contribution in [0.3, 0.4) is 0 Å². The molecule has 23 heavy (non-hydrogen) atoms. The molecule has 2 rings (SSSR count). The molecule has 1 fully saturated rings. The van der Waals surface area contributed by atoms with E-state index in [2.05, 4.69) is 5.32 Å². The Balaban J connectivity index is 1.92. The zero-order valence-electron chi connectivity index (χ0n) is 13.3. The van der Waals surface area contributed by atoms with E-state index < -0.39 is 11.7 Å². The summed E-state index contributed by atoms with van der Waals surface area (Å²) in [5.41, 5.74) is -0.115. The molecule has 1 heterocycles. The van der Waals surface area contributed by atoms with Gasteiger partial charge in [0.1, 0.15) is 17.1 Å². The van der Waals surface area contributed by atoms with Crippen LogP contribution in [-0.2, 0) is 9.53 Å². The van der Waals surface area contributed by atoms with E-state index in [0.717, 1.165) is 0 Å². The molecule has 0 spiro atoms. The molecule has 0 aliphatic carbocycles. The zero-order chi connectivity index (χ0) is 16.8. The molecule has 0 aromatic heterocycles. The van der Waals surface area contributed by atoms with Crippen molar-refractivity contribution in [1.82, 2.24) is 10.2 Å². The first-order chi connectivity index (χ1) is 11.1. The molecule has 7 heteroatoms. The highest BCUT2D eigenvalue weighted by atomic mass is 19.1. The van der Waals surface area contributed by atoms with Crippen LogP contribution in [-0.4, -0.2) is 57.2 Å². The molecular formula is C16H21FN2O4. The molecule has 6 nitrogen and oxygen atoms in total. The predicted octanol–water partition coefficient (Wildman–Crippen LogP) is 1.06. The zero-order valence-corrected chi connectivity index (χ0v) is 13.3. The number of carbonyl (C=O) groups excluding carboxylic acids is 2. The topological polar surface area (TPSA) is 67.9 Å². The molecule has 0 saturated carbocycles. The van der Waals surface area contributed by atoms with Crippen molar-refractivity contribution < 1.29 is 23.5 Å². The Morgan fingerprint density at radius 3 is 2.91 bits per heavy atom. The number of ether oxygens (including phenoxy) is 2. The van der Waals surface area contributed by atoms with Crippen LogP contribution in [0.25, 0.3) is 0 Å². The third-order valence-electron chi connectivity index (χ3n) is 3.83. The number of nitrogens with zero attached hydrogens (tertiary/aromatic N) is 1. The van der Waals surface area contributed by atoms with Gasteiger partial charge < -0.3 is 19.7 Å². The third-order valence-corrected chi connectivity index (χ3v) is 3.83. The van der Waals surface area contributed by atoms with Gasteiger partial charge in [-0.1, -0.05) is 6.07 Å². The number of carbonyl (C=O) groups is 2. The number of hydrogen-bond donors (Lipinski definition) is 1. The maximum atomic E-state index is 13.8. The molecule has 1 aromatic rings. The van der Waals surface area contributed by atoms with E-state index in [-0.39, 0.29) is 23.1 Å². The number of nitrogens with one attached hydrogen (secondary N) is 1. The summed E-state index contributed by atoms with van der Waals surface area (Å²) in [6.45, 7) is 1.90. The first-order valence-electron chi connectivity index (χ1n) is 7.44. The van der Waals surface area contributed by atoms with Crippen LogP contribution < -0.4 is 10.1 Å². The van der Waals surface area contributed by atoms with Crippen LogP contribution in [0.1, 0.15) is 16.8 Å². The van der Waals surface area contributed by atoms with E-state index in [1.807, 2.05) is 0 Å². The lowest BCUT2D eigenvalue weighted by molar-refractivity contribution is -0.128. The molecule has 1 aliphatic rings. The van der Waals surface area contributed by atoms with Gasteiger partial charge >= 0.3 is 0 Å². The quantitative estimate of drug-likeness (QED) is 0.814. The Morgan fingerprint density at radius 2 is 2.22 bits per heavy atom. The first-order valence-corrected chi connectivity index (χ1v) is 7.44. The highest BCUT2D eigenvalue weighted by Crippen LogP contribution is 2.21. The van der Waals surface area contributed by atoms with Crippen molar-refractivity contribution in [1.29, 1.82) is 0 Å². The standard InChI is InChI=1S/C16H21FN2O4/c1-22-7-6-19-10-11(8-14(19)20)9-18-16(21)15-12(17)4-3-5-13(15)23-2/h3-5,11H,6-10H2,1-2H3,(H,18,21)/t11-/m1/s1. The summed E-state index contributed by atoms with van der Waals surface area (Å²) in [5, 5.41) is 2.68.